The number of aryl methyl sites for hydroxylation is 1. The average Bonchev–Trinajstić information content (AvgIpc) is 2.69. The largest absolute Gasteiger partial charge is 0.482 e. The Morgan fingerprint density at radius 2 is 2.00 bits per heavy atom. The lowest BCUT2D eigenvalue weighted by Gasteiger charge is -2.28. The van der Waals surface area contributed by atoms with E-state index < -0.39 is 10.8 Å². The number of halogens is 2. The number of benzene rings is 2. The summed E-state index contributed by atoms with van der Waals surface area (Å²) in [6.45, 7) is -0.0715. The lowest BCUT2D eigenvalue weighted by Crippen LogP contribution is -2.45. The molecule has 0 aliphatic carbocycles. The van der Waals surface area contributed by atoms with Crippen molar-refractivity contribution in [1.82, 2.24) is 5.32 Å². The molecule has 10 heteroatoms. The summed E-state index contributed by atoms with van der Waals surface area (Å²) in [4.78, 5) is 36.1. The summed E-state index contributed by atoms with van der Waals surface area (Å²) in [5.41, 5.74) is 1.02. The van der Waals surface area contributed by atoms with Crippen LogP contribution in [-0.4, -0.2) is 36.4 Å². The standard InChI is InChI=1S/C19H17Cl2N3O5/c20-14-5-3-12(8-15(14)21)2-1-7-22-18(25)10-23-16-9-13(24(27)28)4-6-17(16)29-11-19(23)26/h3-6,8-9H,1-2,7,10-11H2,(H,22,25). The number of anilines is 1. The molecule has 0 aromatic heterocycles. The molecule has 0 saturated carbocycles. The third-order valence-corrected chi connectivity index (χ3v) is 5.09. The number of nitrogens with zero attached hydrogens (tertiary/aromatic N) is 2. The van der Waals surface area contributed by atoms with E-state index in [2.05, 4.69) is 5.32 Å². The van der Waals surface area contributed by atoms with Crippen LogP contribution in [0.15, 0.2) is 36.4 Å². The summed E-state index contributed by atoms with van der Waals surface area (Å²) in [6.07, 6.45) is 1.37. The number of nitro groups is 1. The van der Waals surface area contributed by atoms with E-state index in [9.17, 15) is 19.7 Å². The quantitative estimate of drug-likeness (QED) is 0.406. The minimum Gasteiger partial charge on any atom is -0.482 e. The Morgan fingerprint density at radius 1 is 1.21 bits per heavy atom. The van der Waals surface area contributed by atoms with Crippen molar-refractivity contribution < 1.29 is 19.2 Å². The van der Waals surface area contributed by atoms with Gasteiger partial charge in [-0.2, -0.15) is 0 Å². The first-order valence-corrected chi connectivity index (χ1v) is 9.53. The van der Waals surface area contributed by atoms with E-state index in [0.29, 0.717) is 35.2 Å². The fourth-order valence-corrected chi connectivity index (χ4v) is 3.21. The van der Waals surface area contributed by atoms with Crippen molar-refractivity contribution in [2.45, 2.75) is 12.8 Å². The summed E-state index contributed by atoms with van der Waals surface area (Å²) in [5.74, 6) is -0.488. The number of rotatable bonds is 7. The van der Waals surface area contributed by atoms with Crippen molar-refractivity contribution in [2.75, 3.05) is 24.6 Å². The van der Waals surface area contributed by atoms with Crippen LogP contribution in [-0.2, 0) is 16.0 Å². The van der Waals surface area contributed by atoms with Crippen LogP contribution in [0.3, 0.4) is 0 Å². The second-order valence-corrected chi connectivity index (χ2v) is 7.19. The smallest absolute Gasteiger partial charge is 0.271 e. The molecule has 2 aromatic rings. The second-order valence-electron chi connectivity index (χ2n) is 6.38. The van der Waals surface area contributed by atoms with Gasteiger partial charge in [-0.25, -0.2) is 0 Å². The van der Waals surface area contributed by atoms with Crippen molar-refractivity contribution in [1.29, 1.82) is 0 Å². The predicted molar refractivity (Wildman–Crippen MR) is 109 cm³/mol. The molecule has 2 aromatic carbocycles. The molecule has 0 radical (unpaired) electrons. The lowest BCUT2D eigenvalue weighted by atomic mass is 10.1. The maximum atomic E-state index is 12.3. The van der Waals surface area contributed by atoms with Gasteiger partial charge in [0.05, 0.1) is 20.7 Å². The first kappa shape index (κ1) is 20.9. The van der Waals surface area contributed by atoms with Crippen LogP contribution in [0.2, 0.25) is 10.0 Å². The summed E-state index contributed by atoms with van der Waals surface area (Å²) in [7, 11) is 0. The Kier molecular flexibility index (Phi) is 6.56. The molecule has 3 rings (SSSR count). The highest BCUT2D eigenvalue weighted by atomic mass is 35.5. The van der Waals surface area contributed by atoms with E-state index in [1.165, 1.54) is 23.1 Å². The van der Waals surface area contributed by atoms with Gasteiger partial charge < -0.3 is 10.1 Å². The molecule has 0 atom stereocenters. The number of amides is 2. The Hall–Kier alpha value is -2.84. The summed E-state index contributed by atoms with van der Waals surface area (Å²) < 4.78 is 5.28. The first-order chi connectivity index (χ1) is 13.8. The first-order valence-electron chi connectivity index (χ1n) is 8.77. The zero-order chi connectivity index (χ0) is 21.0. The van der Waals surface area contributed by atoms with Gasteiger partial charge >= 0.3 is 0 Å². The maximum absolute atomic E-state index is 12.3. The third kappa shape index (κ3) is 5.16. The van der Waals surface area contributed by atoms with E-state index in [1.807, 2.05) is 6.07 Å². The van der Waals surface area contributed by atoms with Crippen LogP contribution in [0.5, 0.6) is 5.75 Å². The highest BCUT2D eigenvalue weighted by Crippen LogP contribution is 2.35. The van der Waals surface area contributed by atoms with Crippen molar-refractivity contribution in [3.05, 3.63) is 62.1 Å². The van der Waals surface area contributed by atoms with Crippen LogP contribution in [0.1, 0.15) is 12.0 Å². The molecule has 0 spiro atoms. The zero-order valence-electron chi connectivity index (χ0n) is 15.2. The topological polar surface area (TPSA) is 102 Å². The van der Waals surface area contributed by atoms with E-state index in [4.69, 9.17) is 27.9 Å². The van der Waals surface area contributed by atoms with Gasteiger partial charge in [0.2, 0.25) is 5.91 Å². The van der Waals surface area contributed by atoms with Gasteiger partial charge in [-0.3, -0.25) is 24.6 Å². The number of carbonyl (C=O) groups excluding carboxylic acids is 2. The average molecular weight is 438 g/mol. The zero-order valence-corrected chi connectivity index (χ0v) is 16.7. The number of ether oxygens (including phenoxy) is 1. The Morgan fingerprint density at radius 3 is 2.72 bits per heavy atom. The SMILES string of the molecule is O=C(CN1C(=O)COc2ccc([N+](=O)[O-])cc21)NCCCc1ccc(Cl)c(Cl)c1. The van der Waals surface area contributed by atoms with Gasteiger partial charge in [-0.05, 0) is 36.6 Å². The van der Waals surface area contributed by atoms with Crippen LogP contribution in [0, 0.1) is 10.1 Å². The molecule has 2 amide bonds. The number of fused-ring (bicyclic) bond motifs is 1. The Labute approximate surface area is 176 Å². The Bertz CT molecular complexity index is 967. The summed E-state index contributed by atoms with van der Waals surface area (Å²) in [6, 6.07) is 9.30. The van der Waals surface area contributed by atoms with E-state index in [1.54, 1.807) is 12.1 Å². The summed E-state index contributed by atoms with van der Waals surface area (Å²) in [5, 5.41) is 14.7. The number of nitrogens with one attached hydrogen (secondary N) is 1. The summed E-state index contributed by atoms with van der Waals surface area (Å²) >= 11 is 11.9. The number of nitro benzene ring substituents is 1. The molecule has 0 saturated heterocycles. The van der Waals surface area contributed by atoms with E-state index in [0.717, 1.165) is 5.56 Å². The molecule has 152 valence electrons. The van der Waals surface area contributed by atoms with Crippen LogP contribution in [0.4, 0.5) is 11.4 Å². The molecule has 1 aliphatic heterocycles. The minimum absolute atomic E-state index is 0.186. The molecule has 0 unspecified atom stereocenters. The van der Waals surface area contributed by atoms with Gasteiger partial charge in [-0.15, -0.1) is 0 Å². The lowest BCUT2D eigenvalue weighted by molar-refractivity contribution is -0.384. The van der Waals surface area contributed by atoms with Crippen molar-refractivity contribution in [3.63, 3.8) is 0 Å². The number of carbonyl (C=O) groups is 2. The van der Waals surface area contributed by atoms with Crippen molar-refractivity contribution >= 4 is 46.4 Å². The van der Waals surface area contributed by atoms with Gasteiger partial charge in [0, 0.05) is 18.7 Å². The molecule has 1 aliphatic rings. The fraction of sp³-hybridized carbons (Fsp3) is 0.263. The molecule has 0 bridgehead atoms. The van der Waals surface area contributed by atoms with E-state index >= 15 is 0 Å². The fourth-order valence-electron chi connectivity index (χ4n) is 2.89. The number of hydrogen-bond acceptors (Lipinski definition) is 5. The third-order valence-electron chi connectivity index (χ3n) is 4.35. The predicted octanol–water partition coefficient (Wildman–Crippen LogP) is 3.38. The molecular weight excluding hydrogens is 421 g/mol. The van der Waals surface area contributed by atoms with Gasteiger partial charge in [0.15, 0.2) is 6.61 Å². The van der Waals surface area contributed by atoms with E-state index in [-0.39, 0.29) is 30.4 Å². The molecule has 0 fully saturated rings. The highest BCUT2D eigenvalue weighted by Gasteiger charge is 2.29. The van der Waals surface area contributed by atoms with Crippen LogP contribution >= 0.6 is 23.2 Å². The van der Waals surface area contributed by atoms with Crippen LogP contribution < -0.4 is 15.0 Å². The number of hydrogen-bond donors (Lipinski definition) is 1. The van der Waals surface area contributed by atoms with Gasteiger partial charge in [-0.1, -0.05) is 29.3 Å². The Balaban J connectivity index is 1.56. The number of non-ortho nitro benzene ring substituents is 1. The van der Waals surface area contributed by atoms with Gasteiger partial charge in [0.1, 0.15) is 12.3 Å². The van der Waals surface area contributed by atoms with Crippen LogP contribution in [0.25, 0.3) is 0 Å². The molecule has 8 nitrogen and oxygen atoms in total. The molecular formula is C19H17Cl2N3O5. The van der Waals surface area contributed by atoms with Crippen molar-refractivity contribution in [2.24, 2.45) is 0 Å². The molecule has 29 heavy (non-hydrogen) atoms. The van der Waals surface area contributed by atoms with Crippen molar-refractivity contribution in [3.8, 4) is 5.75 Å². The molecule has 1 N–H and O–H groups in total. The monoisotopic (exact) mass is 437 g/mol. The minimum atomic E-state index is -0.569. The van der Waals surface area contributed by atoms with Gasteiger partial charge in [0.25, 0.3) is 11.6 Å². The highest BCUT2D eigenvalue weighted by molar-refractivity contribution is 6.42. The maximum Gasteiger partial charge on any atom is 0.271 e. The molecule has 1 heterocycles. The normalized spacial score (nSPS) is 12.9. The second kappa shape index (κ2) is 9.11.